The van der Waals surface area contributed by atoms with Gasteiger partial charge in [0, 0.05) is 18.8 Å². The van der Waals surface area contributed by atoms with Gasteiger partial charge in [0.2, 0.25) is 0 Å². The highest BCUT2D eigenvalue weighted by molar-refractivity contribution is 5.56. The first kappa shape index (κ1) is 13.0. The van der Waals surface area contributed by atoms with E-state index < -0.39 is 0 Å². The molecule has 19 heavy (non-hydrogen) atoms. The van der Waals surface area contributed by atoms with Gasteiger partial charge in [-0.3, -0.25) is 4.90 Å². The predicted octanol–water partition coefficient (Wildman–Crippen LogP) is 3.67. The van der Waals surface area contributed by atoms with E-state index in [1.165, 1.54) is 62.0 Å². The number of nitrogens with zero attached hydrogens (tertiary/aromatic N) is 1. The Labute approximate surface area is 117 Å². The SMILES string of the molecule is CCC1CCCN(Cc2ccc3c(c2)NCC3)CC1. The Hall–Kier alpha value is -1.02. The van der Waals surface area contributed by atoms with Crippen LogP contribution in [0.3, 0.4) is 0 Å². The fraction of sp³-hybridized carbons (Fsp3) is 0.647. The van der Waals surface area contributed by atoms with Gasteiger partial charge in [-0.25, -0.2) is 0 Å². The number of rotatable bonds is 3. The van der Waals surface area contributed by atoms with Crippen molar-refractivity contribution in [2.24, 2.45) is 5.92 Å². The topological polar surface area (TPSA) is 15.3 Å². The van der Waals surface area contributed by atoms with Crippen LogP contribution >= 0.6 is 0 Å². The summed E-state index contributed by atoms with van der Waals surface area (Å²) in [6, 6.07) is 7.01. The van der Waals surface area contributed by atoms with Crippen molar-refractivity contribution in [3.05, 3.63) is 29.3 Å². The molecule has 0 saturated carbocycles. The summed E-state index contributed by atoms with van der Waals surface area (Å²) in [7, 11) is 0. The van der Waals surface area contributed by atoms with Gasteiger partial charge in [-0.15, -0.1) is 0 Å². The third-order valence-corrected chi connectivity index (χ3v) is 4.81. The minimum absolute atomic E-state index is 0.965. The summed E-state index contributed by atoms with van der Waals surface area (Å²) < 4.78 is 0. The molecule has 0 radical (unpaired) electrons. The van der Waals surface area contributed by atoms with Crippen molar-refractivity contribution < 1.29 is 0 Å². The monoisotopic (exact) mass is 258 g/mol. The van der Waals surface area contributed by atoms with E-state index in [4.69, 9.17) is 0 Å². The van der Waals surface area contributed by atoms with Crippen LogP contribution < -0.4 is 5.32 Å². The van der Waals surface area contributed by atoms with Gasteiger partial charge >= 0.3 is 0 Å². The van der Waals surface area contributed by atoms with Gasteiger partial charge < -0.3 is 5.32 Å². The molecule has 1 atom stereocenters. The molecule has 2 heteroatoms. The zero-order valence-corrected chi connectivity index (χ0v) is 12.1. The minimum atomic E-state index is 0.965. The van der Waals surface area contributed by atoms with E-state index in [-0.39, 0.29) is 0 Å². The highest BCUT2D eigenvalue weighted by Crippen LogP contribution is 2.25. The van der Waals surface area contributed by atoms with Gasteiger partial charge in [-0.1, -0.05) is 25.5 Å². The molecule has 2 aliphatic heterocycles. The summed E-state index contributed by atoms with van der Waals surface area (Å²) in [4.78, 5) is 2.65. The van der Waals surface area contributed by atoms with Crippen LogP contribution in [0.2, 0.25) is 0 Å². The van der Waals surface area contributed by atoms with Crippen LogP contribution in [0.15, 0.2) is 18.2 Å². The van der Waals surface area contributed by atoms with Crippen LogP contribution in [-0.2, 0) is 13.0 Å². The smallest absolute Gasteiger partial charge is 0.0376 e. The largest absolute Gasteiger partial charge is 0.384 e. The Balaban J connectivity index is 1.61. The first-order chi connectivity index (χ1) is 9.35. The fourth-order valence-corrected chi connectivity index (χ4v) is 3.49. The van der Waals surface area contributed by atoms with E-state index in [2.05, 4.69) is 35.3 Å². The number of hydrogen-bond acceptors (Lipinski definition) is 2. The van der Waals surface area contributed by atoms with Crippen LogP contribution in [0.5, 0.6) is 0 Å². The predicted molar refractivity (Wildman–Crippen MR) is 81.5 cm³/mol. The van der Waals surface area contributed by atoms with Gasteiger partial charge in [0.05, 0.1) is 0 Å². The number of anilines is 1. The quantitative estimate of drug-likeness (QED) is 0.890. The molecular formula is C17H26N2. The Kier molecular flexibility index (Phi) is 4.07. The van der Waals surface area contributed by atoms with Gasteiger partial charge in [0.1, 0.15) is 0 Å². The zero-order chi connectivity index (χ0) is 13.1. The van der Waals surface area contributed by atoms with E-state index in [1.54, 1.807) is 0 Å². The molecule has 1 saturated heterocycles. The second kappa shape index (κ2) is 5.96. The van der Waals surface area contributed by atoms with Crippen LogP contribution in [0.1, 0.15) is 43.7 Å². The highest BCUT2D eigenvalue weighted by Gasteiger charge is 2.16. The molecule has 1 fully saturated rings. The Morgan fingerprint density at radius 1 is 1.26 bits per heavy atom. The molecule has 2 nitrogen and oxygen atoms in total. The summed E-state index contributed by atoms with van der Waals surface area (Å²) in [6.07, 6.45) is 6.74. The Morgan fingerprint density at radius 3 is 3.11 bits per heavy atom. The van der Waals surface area contributed by atoms with E-state index in [0.29, 0.717) is 0 Å². The highest BCUT2D eigenvalue weighted by atomic mass is 15.1. The molecule has 0 aromatic heterocycles. The Morgan fingerprint density at radius 2 is 2.21 bits per heavy atom. The lowest BCUT2D eigenvalue weighted by atomic mass is 9.98. The standard InChI is InChI=1S/C17H26N2/c1-2-14-4-3-10-19(11-8-14)13-15-5-6-16-7-9-18-17(16)12-15/h5-6,12,14,18H,2-4,7-11,13H2,1H3. The number of likely N-dealkylation sites (tertiary alicyclic amines) is 1. The molecule has 0 aliphatic carbocycles. The molecule has 0 amide bonds. The molecule has 3 rings (SSSR count). The maximum atomic E-state index is 3.49. The van der Waals surface area contributed by atoms with Crippen molar-refractivity contribution in [1.82, 2.24) is 4.90 Å². The summed E-state index contributed by atoms with van der Waals surface area (Å²) >= 11 is 0. The molecule has 1 aromatic carbocycles. The van der Waals surface area contributed by atoms with Crippen LogP contribution in [-0.4, -0.2) is 24.5 Å². The van der Waals surface area contributed by atoms with Crippen LogP contribution in [0.25, 0.3) is 0 Å². The Bertz CT molecular complexity index is 427. The molecule has 1 unspecified atom stereocenters. The van der Waals surface area contributed by atoms with E-state index in [0.717, 1.165) is 19.0 Å². The molecule has 1 N–H and O–H groups in total. The van der Waals surface area contributed by atoms with Crippen molar-refractivity contribution in [2.45, 2.75) is 45.6 Å². The van der Waals surface area contributed by atoms with Gasteiger partial charge in [-0.05, 0) is 61.9 Å². The molecule has 0 spiro atoms. The van der Waals surface area contributed by atoms with Crippen LogP contribution in [0.4, 0.5) is 5.69 Å². The van der Waals surface area contributed by atoms with Gasteiger partial charge in [-0.2, -0.15) is 0 Å². The third-order valence-electron chi connectivity index (χ3n) is 4.81. The second-order valence-corrected chi connectivity index (χ2v) is 6.15. The number of benzene rings is 1. The van der Waals surface area contributed by atoms with Crippen molar-refractivity contribution in [1.29, 1.82) is 0 Å². The fourth-order valence-electron chi connectivity index (χ4n) is 3.49. The molecular weight excluding hydrogens is 232 g/mol. The lowest BCUT2D eigenvalue weighted by Crippen LogP contribution is -2.24. The van der Waals surface area contributed by atoms with Crippen molar-refractivity contribution in [3.8, 4) is 0 Å². The maximum Gasteiger partial charge on any atom is 0.0376 e. The average molecular weight is 258 g/mol. The minimum Gasteiger partial charge on any atom is -0.384 e. The lowest BCUT2D eigenvalue weighted by molar-refractivity contribution is 0.272. The second-order valence-electron chi connectivity index (χ2n) is 6.15. The first-order valence-electron chi connectivity index (χ1n) is 7.93. The van der Waals surface area contributed by atoms with E-state index in [1.807, 2.05) is 0 Å². The normalized spacial score (nSPS) is 23.7. The van der Waals surface area contributed by atoms with Crippen molar-refractivity contribution >= 4 is 5.69 Å². The third kappa shape index (κ3) is 3.11. The lowest BCUT2D eigenvalue weighted by Gasteiger charge is -2.20. The number of fused-ring (bicyclic) bond motifs is 1. The zero-order valence-electron chi connectivity index (χ0n) is 12.1. The van der Waals surface area contributed by atoms with Gasteiger partial charge in [0.15, 0.2) is 0 Å². The number of nitrogens with one attached hydrogen (secondary N) is 1. The molecule has 2 aliphatic rings. The summed E-state index contributed by atoms with van der Waals surface area (Å²) in [6.45, 7) is 7.14. The first-order valence-corrected chi connectivity index (χ1v) is 7.93. The van der Waals surface area contributed by atoms with Crippen molar-refractivity contribution in [2.75, 3.05) is 25.0 Å². The molecule has 0 bridgehead atoms. The van der Waals surface area contributed by atoms with Crippen molar-refractivity contribution in [3.63, 3.8) is 0 Å². The summed E-state index contributed by atoms with van der Waals surface area (Å²) in [5.41, 5.74) is 4.34. The number of hydrogen-bond donors (Lipinski definition) is 1. The molecule has 104 valence electrons. The molecule has 2 heterocycles. The maximum absolute atomic E-state index is 3.49. The molecule has 1 aromatic rings. The summed E-state index contributed by atoms with van der Waals surface area (Å²) in [5.74, 6) is 0.965. The average Bonchev–Trinajstić information content (AvgIpc) is 2.77. The van der Waals surface area contributed by atoms with Crippen LogP contribution in [0, 0.1) is 5.92 Å². The summed E-state index contributed by atoms with van der Waals surface area (Å²) in [5, 5.41) is 3.49. The van der Waals surface area contributed by atoms with Gasteiger partial charge in [0.25, 0.3) is 0 Å². The van der Waals surface area contributed by atoms with E-state index in [9.17, 15) is 0 Å². The van der Waals surface area contributed by atoms with E-state index >= 15 is 0 Å².